The summed E-state index contributed by atoms with van der Waals surface area (Å²) in [5, 5.41) is 0. The van der Waals surface area contributed by atoms with E-state index in [1.54, 1.807) is 18.7 Å². The molecule has 0 saturated carbocycles. The Bertz CT molecular complexity index is 302. The van der Waals surface area contributed by atoms with Crippen molar-refractivity contribution in [3.05, 3.63) is 12.2 Å². The van der Waals surface area contributed by atoms with Gasteiger partial charge in [-0.05, 0) is 20.3 Å². The molecule has 0 aromatic carbocycles. The lowest BCUT2D eigenvalue weighted by atomic mass is 10.2. The smallest absolute Gasteiger partial charge is 0.409 e. The largest absolute Gasteiger partial charge is 0.460 e. The van der Waals surface area contributed by atoms with E-state index < -0.39 is 5.97 Å². The number of ether oxygens (including phenoxy) is 2. The van der Waals surface area contributed by atoms with E-state index >= 15 is 0 Å². The Morgan fingerprint density at radius 3 is 2.32 bits per heavy atom. The van der Waals surface area contributed by atoms with Gasteiger partial charge in [0.1, 0.15) is 6.61 Å². The summed E-state index contributed by atoms with van der Waals surface area (Å²) in [6, 6.07) is 0. The number of nitrogens with zero attached hydrogens (tertiary/aromatic N) is 1. The van der Waals surface area contributed by atoms with Gasteiger partial charge in [-0.15, -0.1) is 0 Å². The lowest BCUT2D eigenvalue weighted by Crippen LogP contribution is -2.35. The lowest BCUT2D eigenvalue weighted by Gasteiger charge is -2.21. The first-order chi connectivity index (χ1) is 9.02. The van der Waals surface area contributed by atoms with E-state index in [9.17, 15) is 9.59 Å². The second-order valence-corrected chi connectivity index (χ2v) is 4.31. The number of hydrogen-bond acceptors (Lipinski definition) is 4. The summed E-state index contributed by atoms with van der Waals surface area (Å²) >= 11 is 0. The molecule has 5 nitrogen and oxygen atoms in total. The van der Waals surface area contributed by atoms with Crippen LogP contribution < -0.4 is 0 Å². The number of rotatable bonds is 9. The maximum Gasteiger partial charge on any atom is 0.409 e. The fourth-order valence-corrected chi connectivity index (χ4v) is 1.43. The van der Waals surface area contributed by atoms with Crippen LogP contribution in [0.1, 0.15) is 40.0 Å². The van der Waals surface area contributed by atoms with Crippen molar-refractivity contribution in [2.75, 3.05) is 26.3 Å². The van der Waals surface area contributed by atoms with Crippen LogP contribution in [0.5, 0.6) is 0 Å². The van der Waals surface area contributed by atoms with Crippen molar-refractivity contribution in [1.82, 2.24) is 4.90 Å². The van der Waals surface area contributed by atoms with Crippen molar-refractivity contribution in [2.45, 2.75) is 40.0 Å². The van der Waals surface area contributed by atoms with Crippen LogP contribution in [0.15, 0.2) is 12.2 Å². The van der Waals surface area contributed by atoms with E-state index in [-0.39, 0.29) is 12.7 Å². The molecular formula is C14H25NO4. The highest BCUT2D eigenvalue weighted by molar-refractivity contribution is 5.86. The summed E-state index contributed by atoms with van der Waals surface area (Å²) in [7, 11) is 0. The van der Waals surface area contributed by atoms with Crippen molar-refractivity contribution >= 4 is 12.1 Å². The molecule has 0 N–H and O–H groups in total. The third kappa shape index (κ3) is 8.24. The second kappa shape index (κ2) is 10.4. The fourth-order valence-electron chi connectivity index (χ4n) is 1.43. The molecule has 0 aliphatic carbocycles. The average molecular weight is 271 g/mol. The number of amides is 1. The lowest BCUT2D eigenvalue weighted by molar-refractivity contribution is -0.139. The zero-order chi connectivity index (χ0) is 14.7. The highest BCUT2D eigenvalue weighted by atomic mass is 16.6. The van der Waals surface area contributed by atoms with Crippen molar-refractivity contribution in [3.63, 3.8) is 0 Å². The first kappa shape index (κ1) is 17.5. The molecule has 0 aromatic heterocycles. The zero-order valence-electron chi connectivity index (χ0n) is 12.2. The molecular weight excluding hydrogens is 246 g/mol. The Morgan fingerprint density at radius 2 is 1.79 bits per heavy atom. The number of carbonyl (C=O) groups excluding carboxylic acids is 2. The molecule has 0 aromatic rings. The Morgan fingerprint density at radius 1 is 1.11 bits per heavy atom. The van der Waals surface area contributed by atoms with Gasteiger partial charge in [0, 0.05) is 12.1 Å². The van der Waals surface area contributed by atoms with Crippen LogP contribution in [0.4, 0.5) is 4.79 Å². The predicted molar refractivity (Wildman–Crippen MR) is 73.9 cm³/mol. The topological polar surface area (TPSA) is 55.8 Å². The SMILES string of the molecule is C=C(C)C(=O)OCCN(CCCCC)C(=O)OCC. The second-order valence-electron chi connectivity index (χ2n) is 4.31. The minimum atomic E-state index is -0.433. The molecule has 0 aliphatic rings. The third-order valence-corrected chi connectivity index (χ3v) is 2.50. The first-order valence-electron chi connectivity index (χ1n) is 6.77. The molecule has 0 atom stereocenters. The molecule has 0 saturated heterocycles. The quantitative estimate of drug-likeness (QED) is 0.367. The molecule has 0 aliphatic heterocycles. The highest BCUT2D eigenvalue weighted by Crippen LogP contribution is 2.02. The van der Waals surface area contributed by atoms with Gasteiger partial charge in [0.15, 0.2) is 0 Å². The van der Waals surface area contributed by atoms with Crippen LogP contribution >= 0.6 is 0 Å². The van der Waals surface area contributed by atoms with Gasteiger partial charge >= 0.3 is 12.1 Å². The van der Waals surface area contributed by atoms with E-state index in [4.69, 9.17) is 9.47 Å². The van der Waals surface area contributed by atoms with Crippen molar-refractivity contribution < 1.29 is 19.1 Å². The minimum absolute atomic E-state index is 0.163. The molecule has 0 rings (SSSR count). The Hall–Kier alpha value is -1.52. The molecule has 0 radical (unpaired) electrons. The van der Waals surface area contributed by atoms with Gasteiger partial charge in [0.2, 0.25) is 0 Å². The number of esters is 1. The predicted octanol–water partition coefficient (Wildman–Crippen LogP) is 2.75. The summed E-state index contributed by atoms with van der Waals surface area (Å²) in [6.07, 6.45) is 2.71. The summed E-state index contributed by atoms with van der Waals surface area (Å²) in [5.74, 6) is -0.433. The molecule has 0 spiro atoms. The van der Waals surface area contributed by atoms with Gasteiger partial charge in [-0.25, -0.2) is 9.59 Å². The van der Waals surface area contributed by atoms with Crippen LogP contribution in [0.2, 0.25) is 0 Å². The van der Waals surface area contributed by atoms with Gasteiger partial charge in [-0.1, -0.05) is 26.3 Å². The Balaban J connectivity index is 4.14. The standard InChI is InChI=1S/C14H25NO4/c1-5-7-8-9-15(14(17)18-6-2)10-11-19-13(16)12(3)4/h3,5-11H2,1-2,4H3. The normalized spacial score (nSPS) is 9.84. The van der Waals surface area contributed by atoms with Crippen molar-refractivity contribution in [3.8, 4) is 0 Å². The van der Waals surface area contributed by atoms with E-state index in [2.05, 4.69) is 13.5 Å². The number of unbranched alkanes of at least 4 members (excludes halogenated alkanes) is 2. The molecule has 5 heteroatoms. The minimum Gasteiger partial charge on any atom is -0.460 e. The highest BCUT2D eigenvalue weighted by Gasteiger charge is 2.14. The molecule has 0 unspecified atom stereocenters. The molecule has 1 amide bonds. The van der Waals surface area contributed by atoms with Gasteiger partial charge in [-0.3, -0.25) is 0 Å². The average Bonchev–Trinajstić information content (AvgIpc) is 2.37. The monoisotopic (exact) mass is 271 g/mol. The Kier molecular flexibility index (Phi) is 9.57. The van der Waals surface area contributed by atoms with Crippen molar-refractivity contribution in [1.29, 1.82) is 0 Å². The van der Waals surface area contributed by atoms with Crippen LogP contribution in [0.3, 0.4) is 0 Å². The first-order valence-corrected chi connectivity index (χ1v) is 6.77. The van der Waals surface area contributed by atoms with E-state index in [0.29, 0.717) is 25.3 Å². The van der Waals surface area contributed by atoms with Gasteiger partial charge in [0.05, 0.1) is 13.2 Å². The summed E-state index contributed by atoms with van der Waals surface area (Å²) < 4.78 is 9.95. The molecule has 0 fully saturated rings. The van der Waals surface area contributed by atoms with Crippen molar-refractivity contribution in [2.24, 2.45) is 0 Å². The van der Waals surface area contributed by atoms with Crippen LogP contribution in [-0.4, -0.2) is 43.3 Å². The van der Waals surface area contributed by atoms with Gasteiger partial charge < -0.3 is 14.4 Å². The van der Waals surface area contributed by atoms with Gasteiger partial charge in [0.25, 0.3) is 0 Å². The number of hydrogen-bond donors (Lipinski definition) is 0. The number of carbonyl (C=O) groups is 2. The van der Waals surface area contributed by atoms with E-state index in [1.165, 1.54) is 0 Å². The summed E-state index contributed by atoms with van der Waals surface area (Å²) in [4.78, 5) is 24.5. The van der Waals surface area contributed by atoms with E-state index in [0.717, 1.165) is 19.3 Å². The third-order valence-electron chi connectivity index (χ3n) is 2.50. The maximum atomic E-state index is 11.7. The molecule has 0 heterocycles. The van der Waals surface area contributed by atoms with E-state index in [1.807, 2.05) is 0 Å². The van der Waals surface area contributed by atoms with Crippen LogP contribution in [-0.2, 0) is 14.3 Å². The molecule has 0 bridgehead atoms. The molecule has 19 heavy (non-hydrogen) atoms. The van der Waals surface area contributed by atoms with Crippen LogP contribution in [0, 0.1) is 0 Å². The fraction of sp³-hybridized carbons (Fsp3) is 0.714. The maximum absolute atomic E-state index is 11.7. The molecule has 110 valence electrons. The zero-order valence-corrected chi connectivity index (χ0v) is 12.2. The van der Waals surface area contributed by atoms with Gasteiger partial charge in [-0.2, -0.15) is 0 Å². The van der Waals surface area contributed by atoms with Crippen LogP contribution in [0.25, 0.3) is 0 Å². The Labute approximate surface area is 115 Å². The summed E-state index contributed by atoms with van der Waals surface area (Å²) in [5.41, 5.74) is 0.355. The summed E-state index contributed by atoms with van der Waals surface area (Å²) in [6.45, 7) is 10.4.